The van der Waals surface area contributed by atoms with E-state index in [1.165, 1.54) is 0 Å². The Balaban J connectivity index is 2.25. The molecule has 1 aliphatic rings. The van der Waals surface area contributed by atoms with Crippen LogP contribution in [-0.2, 0) is 0 Å². The van der Waals surface area contributed by atoms with Crippen LogP contribution in [0.4, 0.5) is 11.8 Å². The number of piperidine rings is 1. The second kappa shape index (κ2) is 4.87. The Bertz CT molecular complexity index is 390. The number of hydrogen-bond donors (Lipinski definition) is 2. The fourth-order valence-electron chi connectivity index (χ4n) is 2.15. The topological polar surface area (TPSA) is 81.1 Å². The normalized spacial score (nSPS) is 20.9. The van der Waals surface area contributed by atoms with Gasteiger partial charge in [-0.15, -0.1) is 0 Å². The van der Waals surface area contributed by atoms with Crippen molar-refractivity contribution in [2.75, 3.05) is 23.7 Å². The third-order valence-electron chi connectivity index (χ3n) is 3.12. The molecule has 4 N–H and O–H groups in total. The maximum Gasteiger partial charge on any atom is 0.222 e. The summed E-state index contributed by atoms with van der Waals surface area (Å²) < 4.78 is 0. The quantitative estimate of drug-likeness (QED) is 0.802. The summed E-state index contributed by atoms with van der Waals surface area (Å²) in [5.41, 5.74) is 12.7. The lowest BCUT2D eigenvalue weighted by Crippen LogP contribution is -2.43. The van der Waals surface area contributed by atoms with Crippen LogP contribution in [0.3, 0.4) is 0 Å². The molecule has 0 aliphatic carbocycles. The Morgan fingerprint density at radius 3 is 2.82 bits per heavy atom. The van der Waals surface area contributed by atoms with E-state index in [1.54, 1.807) is 0 Å². The second-order valence-corrected chi connectivity index (χ2v) is 5.01. The van der Waals surface area contributed by atoms with E-state index in [9.17, 15) is 0 Å². The Morgan fingerprint density at radius 2 is 2.18 bits per heavy atom. The van der Waals surface area contributed by atoms with Gasteiger partial charge in [-0.25, -0.2) is 4.98 Å². The van der Waals surface area contributed by atoms with Gasteiger partial charge in [-0.2, -0.15) is 4.98 Å². The van der Waals surface area contributed by atoms with E-state index in [-0.39, 0.29) is 6.04 Å². The van der Waals surface area contributed by atoms with Crippen LogP contribution >= 0.6 is 0 Å². The predicted molar refractivity (Wildman–Crippen MR) is 70.0 cm³/mol. The maximum atomic E-state index is 5.98. The zero-order valence-corrected chi connectivity index (χ0v) is 10.6. The van der Waals surface area contributed by atoms with Gasteiger partial charge in [-0.1, -0.05) is 13.8 Å². The monoisotopic (exact) mass is 235 g/mol. The van der Waals surface area contributed by atoms with E-state index < -0.39 is 0 Å². The largest absolute Gasteiger partial charge is 0.368 e. The van der Waals surface area contributed by atoms with Gasteiger partial charge >= 0.3 is 0 Å². The highest BCUT2D eigenvalue weighted by Gasteiger charge is 2.19. The zero-order chi connectivity index (χ0) is 12.4. The molecule has 17 heavy (non-hydrogen) atoms. The fraction of sp³-hybridized carbons (Fsp3) is 0.667. The van der Waals surface area contributed by atoms with Crippen molar-refractivity contribution in [3.05, 3.63) is 11.8 Å². The Labute approximate surface area is 102 Å². The summed E-state index contributed by atoms with van der Waals surface area (Å²) in [6.07, 6.45) is 2.20. The number of nitrogens with zero attached hydrogens (tertiary/aromatic N) is 3. The average molecular weight is 235 g/mol. The fourth-order valence-corrected chi connectivity index (χ4v) is 2.15. The van der Waals surface area contributed by atoms with Crippen LogP contribution in [0.2, 0.25) is 0 Å². The molecule has 0 bridgehead atoms. The van der Waals surface area contributed by atoms with E-state index >= 15 is 0 Å². The summed E-state index contributed by atoms with van der Waals surface area (Å²) >= 11 is 0. The Hall–Kier alpha value is -1.36. The lowest BCUT2D eigenvalue weighted by molar-refractivity contribution is 0.503. The molecule has 2 rings (SSSR count). The number of nitrogens with two attached hydrogens (primary N) is 2. The van der Waals surface area contributed by atoms with E-state index in [2.05, 4.69) is 28.7 Å². The summed E-state index contributed by atoms with van der Waals surface area (Å²) in [6, 6.07) is 2.27. The van der Waals surface area contributed by atoms with Crippen LogP contribution in [-0.4, -0.2) is 29.1 Å². The first-order valence-electron chi connectivity index (χ1n) is 6.21. The van der Waals surface area contributed by atoms with Gasteiger partial charge in [0.05, 0.1) is 5.69 Å². The SMILES string of the molecule is CC(C)c1cc(N2CCCC(N)C2)nc(N)n1. The number of anilines is 2. The van der Waals surface area contributed by atoms with Gasteiger partial charge in [0.1, 0.15) is 5.82 Å². The molecule has 5 nitrogen and oxygen atoms in total. The van der Waals surface area contributed by atoms with Crippen molar-refractivity contribution in [3.63, 3.8) is 0 Å². The van der Waals surface area contributed by atoms with Gasteiger partial charge in [-0.3, -0.25) is 0 Å². The highest BCUT2D eigenvalue weighted by atomic mass is 15.2. The predicted octanol–water partition coefficient (Wildman–Crippen LogP) is 1.11. The van der Waals surface area contributed by atoms with E-state index in [4.69, 9.17) is 11.5 Å². The molecule has 0 amide bonds. The average Bonchev–Trinajstić information content (AvgIpc) is 2.28. The van der Waals surface area contributed by atoms with Crippen LogP contribution in [0, 0.1) is 0 Å². The minimum absolute atomic E-state index is 0.238. The van der Waals surface area contributed by atoms with Crippen LogP contribution in [0.15, 0.2) is 6.07 Å². The van der Waals surface area contributed by atoms with Crippen molar-refractivity contribution in [1.29, 1.82) is 0 Å². The highest BCUT2D eigenvalue weighted by Crippen LogP contribution is 2.22. The summed E-state index contributed by atoms with van der Waals surface area (Å²) in [5, 5.41) is 0. The molecule has 5 heteroatoms. The molecule has 1 atom stereocenters. The van der Waals surface area contributed by atoms with Gasteiger partial charge in [0.2, 0.25) is 5.95 Å². The maximum absolute atomic E-state index is 5.98. The molecule has 1 fully saturated rings. The van der Waals surface area contributed by atoms with Gasteiger partial charge in [-0.05, 0) is 18.8 Å². The highest BCUT2D eigenvalue weighted by molar-refractivity contribution is 5.44. The van der Waals surface area contributed by atoms with Crippen LogP contribution in [0.5, 0.6) is 0 Å². The van der Waals surface area contributed by atoms with E-state index in [0.717, 1.165) is 37.4 Å². The molecule has 0 spiro atoms. The Kier molecular flexibility index (Phi) is 3.47. The summed E-state index contributed by atoms with van der Waals surface area (Å²) in [6.45, 7) is 6.07. The van der Waals surface area contributed by atoms with E-state index in [1.807, 2.05) is 6.07 Å². The zero-order valence-electron chi connectivity index (χ0n) is 10.6. The lowest BCUT2D eigenvalue weighted by atomic mass is 10.1. The molecular formula is C12H21N5. The van der Waals surface area contributed by atoms with Crippen LogP contribution in [0.1, 0.15) is 38.3 Å². The van der Waals surface area contributed by atoms with E-state index in [0.29, 0.717) is 11.9 Å². The van der Waals surface area contributed by atoms with Crippen molar-refractivity contribution in [1.82, 2.24) is 9.97 Å². The Morgan fingerprint density at radius 1 is 1.41 bits per heavy atom. The van der Waals surface area contributed by atoms with Crippen molar-refractivity contribution in [2.45, 2.75) is 38.6 Å². The summed E-state index contributed by atoms with van der Waals surface area (Å²) in [5.74, 6) is 1.62. The molecular weight excluding hydrogens is 214 g/mol. The molecule has 1 saturated heterocycles. The van der Waals surface area contributed by atoms with Gasteiger partial charge in [0.25, 0.3) is 0 Å². The molecule has 1 aromatic rings. The number of aromatic nitrogens is 2. The standard InChI is InChI=1S/C12H21N5/c1-8(2)10-6-11(16-12(14)15-10)17-5-3-4-9(13)7-17/h6,8-9H,3-5,7,13H2,1-2H3,(H2,14,15,16). The second-order valence-electron chi connectivity index (χ2n) is 5.01. The molecule has 94 valence electrons. The third kappa shape index (κ3) is 2.85. The molecule has 0 saturated carbocycles. The number of nitrogen functional groups attached to an aromatic ring is 1. The molecule has 1 aliphatic heterocycles. The molecule has 0 radical (unpaired) electrons. The number of rotatable bonds is 2. The smallest absolute Gasteiger partial charge is 0.222 e. The third-order valence-corrected chi connectivity index (χ3v) is 3.12. The molecule has 1 unspecified atom stereocenters. The van der Waals surface area contributed by atoms with Crippen molar-refractivity contribution >= 4 is 11.8 Å². The molecule has 0 aromatic carbocycles. The van der Waals surface area contributed by atoms with Gasteiger partial charge < -0.3 is 16.4 Å². The molecule has 2 heterocycles. The first-order valence-corrected chi connectivity index (χ1v) is 6.21. The molecule has 1 aromatic heterocycles. The van der Waals surface area contributed by atoms with Crippen LogP contribution < -0.4 is 16.4 Å². The van der Waals surface area contributed by atoms with Crippen molar-refractivity contribution in [2.24, 2.45) is 5.73 Å². The van der Waals surface area contributed by atoms with Gasteiger partial charge in [0.15, 0.2) is 0 Å². The summed E-state index contributed by atoms with van der Waals surface area (Å²) in [7, 11) is 0. The first-order chi connectivity index (χ1) is 8.06. The van der Waals surface area contributed by atoms with Crippen molar-refractivity contribution in [3.8, 4) is 0 Å². The lowest BCUT2D eigenvalue weighted by Gasteiger charge is -2.32. The van der Waals surface area contributed by atoms with Crippen LogP contribution in [0.25, 0.3) is 0 Å². The van der Waals surface area contributed by atoms with Crippen molar-refractivity contribution < 1.29 is 0 Å². The number of hydrogen-bond acceptors (Lipinski definition) is 5. The summed E-state index contributed by atoms with van der Waals surface area (Å²) in [4.78, 5) is 10.8. The minimum Gasteiger partial charge on any atom is -0.368 e. The first kappa shape index (κ1) is 12.1. The van der Waals surface area contributed by atoms with Gasteiger partial charge in [0, 0.05) is 25.2 Å². The minimum atomic E-state index is 0.238.